The first-order chi connectivity index (χ1) is 12.0. The molecular formula is C17H16FN3O3S. The number of carbonyl (C=O) groups is 1. The zero-order valence-corrected chi connectivity index (χ0v) is 14.2. The molecule has 0 spiro atoms. The van der Waals surface area contributed by atoms with E-state index in [1.165, 1.54) is 17.4 Å². The molecule has 2 N–H and O–H groups in total. The van der Waals surface area contributed by atoms with Crippen LogP contribution in [0.5, 0.6) is 0 Å². The zero-order chi connectivity index (χ0) is 17.8. The van der Waals surface area contributed by atoms with Crippen molar-refractivity contribution in [1.29, 1.82) is 0 Å². The third-order valence-corrected chi connectivity index (χ3v) is 4.78. The van der Waals surface area contributed by atoms with Crippen LogP contribution >= 0.6 is 11.3 Å². The van der Waals surface area contributed by atoms with Crippen molar-refractivity contribution < 1.29 is 13.7 Å². The van der Waals surface area contributed by atoms with Gasteiger partial charge in [0.2, 0.25) is 0 Å². The highest BCUT2D eigenvalue weighted by molar-refractivity contribution is 7.17. The molecule has 0 aliphatic carbocycles. The van der Waals surface area contributed by atoms with Gasteiger partial charge in [0.15, 0.2) is 5.82 Å². The number of nitrogens with zero attached hydrogens (tertiary/aromatic N) is 1. The van der Waals surface area contributed by atoms with Crippen LogP contribution in [-0.2, 0) is 6.42 Å². The van der Waals surface area contributed by atoms with Crippen LogP contribution < -0.4 is 11.1 Å². The maximum Gasteiger partial charge on any atom is 0.439 e. The summed E-state index contributed by atoms with van der Waals surface area (Å²) in [6, 6.07) is 9.87. The molecule has 8 heteroatoms. The summed E-state index contributed by atoms with van der Waals surface area (Å²) in [7, 11) is 0. The van der Waals surface area contributed by atoms with Gasteiger partial charge in [-0.05, 0) is 43.5 Å². The van der Waals surface area contributed by atoms with Crippen LogP contribution in [0, 0.1) is 5.82 Å². The Morgan fingerprint density at radius 3 is 2.88 bits per heavy atom. The number of thiophene rings is 1. The number of benzene rings is 1. The zero-order valence-electron chi connectivity index (χ0n) is 13.4. The van der Waals surface area contributed by atoms with Gasteiger partial charge >= 0.3 is 5.76 Å². The fourth-order valence-corrected chi connectivity index (χ4v) is 3.21. The Morgan fingerprint density at radius 2 is 2.16 bits per heavy atom. The average molecular weight is 361 g/mol. The van der Waals surface area contributed by atoms with Crippen LogP contribution in [0.25, 0.3) is 10.7 Å². The van der Waals surface area contributed by atoms with Crippen molar-refractivity contribution in [1.82, 2.24) is 15.5 Å². The number of aromatic amines is 1. The van der Waals surface area contributed by atoms with Gasteiger partial charge in [0.05, 0.1) is 9.75 Å². The van der Waals surface area contributed by atoms with E-state index in [0.717, 1.165) is 0 Å². The lowest BCUT2D eigenvalue weighted by molar-refractivity contribution is 0.0942. The molecule has 2 aromatic heterocycles. The quantitative estimate of drug-likeness (QED) is 0.706. The molecule has 1 amide bonds. The summed E-state index contributed by atoms with van der Waals surface area (Å²) in [5.41, 5.74) is 0.636. The van der Waals surface area contributed by atoms with E-state index in [4.69, 9.17) is 0 Å². The van der Waals surface area contributed by atoms with E-state index in [1.807, 2.05) is 6.92 Å². The second kappa shape index (κ2) is 7.43. The van der Waals surface area contributed by atoms with Crippen LogP contribution in [-0.4, -0.2) is 22.1 Å². The van der Waals surface area contributed by atoms with E-state index < -0.39 is 5.76 Å². The molecule has 0 fully saturated rings. The summed E-state index contributed by atoms with van der Waals surface area (Å²) in [5.74, 6) is -0.800. The lowest BCUT2D eigenvalue weighted by Gasteiger charge is -2.13. The lowest BCUT2D eigenvalue weighted by atomic mass is 10.1. The molecule has 0 bridgehead atoms. The lowest BCUT2D eigenvalue weighted by Crippen LogP contribution is -2.32. The molecule has 0 radical (unpaired) electrons. The van der Waals surface area contributed by atoms with Crippen LogP contribution in [0.3, 0.4) is 0 Å². The largest absolute Gasteiger partial charge is 0.439 e. The van der Waals surface area contributed by atoms with E-state index in [9.17, 15) is 14.0 Å². The van der Waals surface area contributed by atoms with Gasteiger partial charge in [-0.1, -0.05) is 23.4 Å². The maximum absolute atomic E-state index is 13.6. The molecule has 0 saturated heterocycles. The molecule has 0 aliphatic rings. The van der Waals surface area contributed by atoms with Gasteiger partial charge in [-0.3, -0.25) is 14.3 Å². The van der Waals surface area contributed by atoms with Gasteiger partial charge in [-0.15, -0.1) is 11.3 Å². The number of hydrogen-bond acceptors (Lipinski definition) is 5. The smallest absolute Gasteiger partial charge is 0.349 e. The number of amides is 1. The van der Waals surface area contributed by atoms with Crippen LogP contribution in [0.4, 0.5) is 4.39 Å². The van der Waals surface area contributed by atoms with E-state index in [0.29, 0.717) is 34.0 Å². The molecule has 130 valence electrons. The van der Waals surface area contributed by atoms with Gasteiger partial charge in [-0.25, -0.2) is 9.18 Å². The number of aromatic nitrogens is 2. The first-order valence-corrected chi connectivity index (χ1v) is 8.55. The van der Waals surface area contributed by atoms with Crippen molar-refractivity contribution in [2.45, 2.75) is 25.8 Å². The van der Waals surface area contributed by atoms with Gasteiger partial charge in [0.1, 0.15) is 5.82 Å². The van der Waals surface area contributed by atoms with Gasteiger partial charge in [0.25, 0.3) is 5.91 Å². The van der Waals surface area contributed by atoms with Crippen molar-refractivity contribution in [2.24, 2.45) is 0 Å². The number of carbonyl (C=O) groups excluding carboxylic acids is 1. The number of hydrogen-bond donors (Lipinski definition) is 2. The molecule has 6 nitrogen and oxygen atoms in total. The highest BCUT2D eigenvalue weighted by atomic mass is 32.1. The number of aryl methyl sites for hydroxylation is 1. The Morgan fingerprint density at radius 1 is 1.36 bits per heavy atom. The number of rotatable bonds is 6. The standard InChI is InChI=1S/C17H16FN3O3S/c1-10(6-7-11-4-2-3-5-12(11)18)19-16(22)14-9-8-13(25-14)15-20-17(23)24-21-15/h2-5,8-10H,6-7H2,1H3,(H,19,22)(H,20,21,23). The van der Waals surface area contributed by atoms with Crippen LogP contribution in [0.1, 0.15) is 28.6 Å². The molecule has 1 unspecified atom stereocenters. The Balaban J connectivity index is 1.57. The molecule has 3 rings (SSSR count). The first kappa shape index (κ1) is 17.1. The Bertz CT molecular complexity index is 931. The van der Waals surface area contributed by atoms with Crippen molar-refractivity contribution in [2.75, 3.05) is 0 Å². The SMILES string of the molecule is CC(CCc1ccccc1F)NC(=O)c1ccc(-c2noc(=O)[nH]2)s1. The highest BCUT2D eigenvalue weighted by Crippen LogP contribution is 2.24. The number of H-pyrrole nitrogens is 1. The van der Waals surface area contributed by atoms with Crippen molar-refractivity contribution >= 4 is 17.2 Å². The van der Waals surface area contributed by atoms with Crippen molar-refractivity contribution in [3.63, 3.8) is 0 Å². The van der Waals surface area contributed by atoms with E-state index in [2.05, 4.69) is 20.0 Å². The first-order valence-electron chi connectivity index (χ1n) is 7.73. The van der Waals surface area contributed by atoms with Gasteiger partial charge < -0.3 is 5.32 Å². The van der Waals surface area contributed by atoms with E-state index in [1.54, 1.807) is 30.3 Å². The molecular weight excluding hydrogens is 345 g/mol. The maximum atomic E-state index is 13.6. The third kappa shape index (κ3) is 4.21. The van der Waals surface area contributed by atoms with Crippen LogP contribution in [0.2, 0.25) is 0 Å². The minimum absolute atomic E-state index is 0.107. The number of nitrogens with one attached hydrogen (secondary N) is 2. The van der Waals surface area contributed by atoms with Crippen molar-refractivity contribution in [3.05, 3.63) is 63.2 Å². The summed E-state index contributed by atoms with van der Waals surface area (Å²) in [5, 5.41) is 6.48. The fourth-order valence-electron chi connectivity index (χ4n) is 2.36. The molecule has 1 atom stereocenters. The van der Waals surface area contributed by atoms with Crippen LogP contribution in [0.15, 0.2) is 45.7 Å². The highest BCUT2D eigenvalue weighted by Gasteiger charge is 2.15. The molecule has 0 saturated carbocycles. The summed E-state index contributed by atoms with van der Waals surface area (Å²) < 4.78 is 18.1. The molecule has 25 heavy (non-hydrogen) atoms. The van der Waals surface area contributed by atoms with Crippen molar-refractivity contribution in [3.8, 4) is 10.7 Å². The minimum Gasteiger partial charge on any atom is -0.349 e. The normalized spacial score (nSPS) is 12.1. The Hall–Kier alpha value is -2.74. The van der Waals surface area contributed by atoms with Gasteiger partial charge in [0, 0.05) is 6.04 Å². The molecule has 3 aromatic rings. The fraction of sp³-hybridized carbons (Fsp3) is 0.235. The monoisotopic (exact) mass is 361 g/mol. The Labute approximate surface area is 146 Å². The molecule has 1 aromatic carbocycles. The summed E-state index contributed by atoms with van der Waals surface area (Å²) in [4.78, 5) is 26.8. The molecule has 2 heterocycles. The Kier molecular flexibility index (Phi) is 5.08. The summed E-state index contributed by atoms with van der Waals surface area (Å²) >= 11 is 1.20. The minimum atomic E-state index is -0.642. The topological polar surface area (TPSA) is 88.0 Å². The predicted octanol–water partition coefficient (Wildman–Crippen LogP) is 2.98. The average Bonchev–Trinajstić information content (AvgIpc) is 3.23. The van der Waals surface area contributed by atoms with Gasteiger partial charge in [-0.2, -0.15) is 0 Å². The number of halogens is 1. The predicted molar refractivity (Wildman–Crippen MR) is 92.1 cm³/mol. The van der Waals surface area contributed by atoms with E-state index >= 15 is 0 Å². The third-order valence-electron chi connectivity index (χ3n) is 3.69. The molecule has 0 aliphatic heterocycles. The second-order valence-corrected chi connectivity index (χ2v) is 6.70. The summed E-state index contributed by atoms with van der Waals surface area (Å²) in [6.07, 6.45) is 1.17. The second-order valence-electron chi connectivity index (χ2n) is 5.61. The summed E-state index contributed by atoms with van der Waals surface area (Å²) in [6.45, 7) is 1.88. The van der Waals surface area contributed by atoms with E-state index in [-0.39, 0.29) is 17.8 Å².